The SMILES string of the molecule is Cc1ccc(CC(C)Nc2cncc(Br)c2)s1. The molecule has 2 aromatic heterocycles. The lowest BCUT2D eigenvalue weighted by Crippen LogP contribution is -2.17. The Morgan fingerprint density at radius 2 is 2.24 bits per heavy atom. The number of halogens is 1. The largest absolute Gasteiger partial charge is 0.381 e. The normalized spacial score (nSPS) is 12.4. The maximum absolute atomic E-state index is 4.14. The Morgan fingerprint density at radius 3 is 2.88 bits per heavy atom. The van der Waals surface area contributed by atoms with Gasteiger partial charge in [-0.3, -0.25) is 4.98 Å². The van der Waals surface area contributed by atoms with Crippen LogP contribution < -0.4 is 5.32 Å². The van der Waals surface area contributed by atoms with E-state index in [0.717, 1.165) is 16.6 Å². The molecule has 0 aliphatic rings. The van der Waals surface area contributed by atoms with E-state index in [0.29, 0.717) is 6.04 Å². The Balaban J connectivity index is 1.95. The van der Waals surface area contributed by atoms with E-state index in [4.69, 9.17) is 0 Å². The van der Waals surface area contributed by atoms with Gasteiger partial charge in [0.05, 0.1) is 11.9 Å². The molecule has 0 bridgehead atoms. The van der Waals surface area contributed by atoms with E-state index in [1.54, 1.807) is 6.20 Å². The van der Waals surface area contributed by atoms with Gasteiger partial charge in [0.2, 0.25) is 0 Å². The summed E-state index contributed by atoms with van der Waals surface area (Å²) in [5, 5.41) is 3.45. The number of rotatable bonds is 4. The third kappa shape index (κ3) is 3.82. The van der Waals surface area contributed by atoms with Crippen molar-refractivity contribution in [2.45, 2.75) is 26.3 Å². The summed E-state index contributed by atoms with van der Waals surface area (Å²) in [5.41, 5.74) is 1.06. The lowest BCUT2D eigenvalue weighted by Gasteiger charge is -2.14. The maximum Gasteiger partial charge on any atom is 0.0540 e. The predicted octanol–water partition coefficient (Wildman–Crippen LogP) is 4.26. The fourth-order valence-electron chi connectivity index (χ4n) is 1.72. The predicted molar refractivity (Wildman–Crippen MR) is 77.8 cm³/mol. The van der Waals surface area contributed by atoms with Crippen LogP contribution in [-0.2, 0) is 6.42 Å². The molecule has 1 atom stereocenters. The fraction of sp³-hybridized carbons (Fsp3) is 0.308. The monoisotopic (exact) mass is 310 g/mol. The fourth-order valence-corrected chi connectivity index (χ4v) is 3.11. The first kappa shape index (κ1) is 12.6. The highest BCUT2D eigenvalue weighted by Crippen LogP contribution is 2.19. The van der Waals surface area contributed by atoms with Gasteiger partial charge in [0.15, 0.2) is 0 Å². The number of aryl methyl sites for hydroxylation is 1. The Labute approximate surface area is 114 Å². The van der Waals surface area contributed by atoms with Crippen molar-refractivity contribution in [2.75, 3.05) is 5.32 Å². The van der Waals surface area contributed by atoms with Crippen molar-refractivity contribution in [3.8, 4) is 0 Å². The van der Waals surface area contributed by atoms with Gasteiger partial charge in [-0.15, -0.1) is 11.3 Å². The van der Waals surface area contributed by atoms with Crippen LogP contribution in [0.15, 0.2) is 35.1 Å². The van der Waals surface area contributed by atoms with Crippen molar-refractivity contribution < 1.29 is 0 Å². The van der Waals surface area contributed by atoms with Crippen LogP contribution >= 0.6 is 27.3 Å². The van der Waals surface area contributed by atoms with E-state index in [1.165, 1.54) is 9.75 Å². The molecule has 2 nitrogen and oxygen atoms in total. The van der Waals surface area contributed by atoms with Crippen LogP contribution in [0.25, 0.3) is 0 Å². The molecule has 0 amide bonds. The second kappa shape index (κ2) is 5.65. The second-order valence-corrected chi connectivity index (χ2v) is 6.44. The molecule has 17 heavy (non-hydrogen) atoms. The summed E-state index contributed by atoms with van der Waals surface area (Å²) in [7, 11) is 0. The number of thiophene rings is 1. The van der Waals surface area contributed by atoms with E-state index in [1.807, 2.05) is 23.6 Å². The Bertz CT molecular complexity index is 496. The number of anilines is 1. The molecule has 90 valence electrons. The van der Waals surface area contributed by atoms with Crippen molar-refractivity contribution in [1.82, 2.24) is 4.98 Å². The second-order valence-electron chi connectivity index (χ2n) is 4.15. The van der Waals surface area contributed by atoms with Gasteiger partial charge < -0.3 is 5.32 Å². The Morgan fingerprint density at radius 1 is 1.41 bits per heavy atom. The summed E-state index contributed by atoms with van der Waals surface area (Å²) in [6, 6.07) is 6.83. The molecule has 2 aromatic rings. The quantitative estimate of drug-likeness (QED) is 0.912. The molecule has 0 saturated carbocycles. The summed E-state index contributed by atoms with van der Waals surface area (Å²) >= 11 is 5.29. The third-order valence-electron chi connectivity index (χ3n) is 2.42. The Kier molecular flexibility index (Phi) is 4.18. The van der Waals surface area contributed by atoms with Crippen LogP contribution in [0.1, 0.15) is 16.7 Å². The van der Waals surface area contributed by atoms with Crippen molar-refractivity contribution in [3.63, 3.8) is 0 Å². The van der Waals surface area contributed by atoms with Crippen LogP contribution in [0.3, 0.4) is 0 Å². The molecule has 4 heteroatoms. The minimum absolute atomic E-state index is 0.407. The zero-order chi connectivity index (χ0) is 12.3. The molecule has 0 saturated heterocycles. The number of hydrogen-bond acceptors (Lipinski definition) is 3. The van der Waals surface area contributed by atoms with Crippen molar-refractivity contribution >= 4 is 33.0 Å². The first-order chi connectivity index (χ1) is 8.13. The van der Waals surface area contributed by atoms with Gasteiger partial charge in [0.1, 0.15) is 0 Å². The van der Waals surface area contributed by atoms with Gasteiger partial charge in [-0.2, -0.15) is 0 Å². The van der Waals surface area contributed by atoms with Gasteiger partial charge >= 0.3 is 0 Å². The molecule has 2 rings (SSSR count). The standard InChI is InChI=1S/C13H15BrN2S/c1-9(5-13-4-3-10(2)17-13)16-12-6-11(14)7-15-8-12/h3-4,6-9,16H,5H2,1-2H3. The van der Waals surface area contributed by atoms with E-state index in [-0.39, 0.29) is 0 Å². The highest BCUT2D eigenvalue weighted by molar-refractivity contribution is 9.10. The number of pyridine rings is 1. The van der Waals surface area contributed by atoms with E-state index in [2.05, 4.69) is 52.2 Å². The van der Waals surface area contributed by atoms with Crippen molar-refractivity contribution in [3.05, 3.63) is 44.8 Å². The molecule has 0 aliphatic heterocycles. The van der Waals surface area contributed by atoms with Gasteiger partial charge in [0, 0.05) is 32.9 Å². The Hall–Kier alpha value is -0.870. The lowest BCUT2D eigenvalue weighted by molar-refractivity contribution is 0.799. The summed E-state index contributed by atoms with van der Waals surface area (Å²) in [4.78, 5) is 6.93. The van der Waals surface area contributed by atoms with E-state index in [9.17, 15) is 0 Å². The first-order valence-corrected chi connectivity index (χ1v) is 7.17. The highest BCUT2D eigenvalue weighted by atomic mass is 79.9. The third-order valence-corrected chi connectivity index (χ3v) is 3.88. The first-order valence-electron chi connectivity index (χ1n) is 5.56. The topological polar surface area (TPSA) is 24.9 Å². The molecular weight excluding hydrogens is 296 g/mol. The summed E-state index contributed by atoms with van der Waals surface area (Å²) in [6.45, 7) is 4.33. The number of nitrogens with zero attached hydrogens (tertiary/aromatic N) is 1. The van der Waals surface area contributed by atoms with Gasteiger partial charge in [-0.05, 0) is 48.0 Å². The molecule has 1 unspecified atom stereocenters. The van der Waals surface area contributed by atoms with E-state index < -0.39 is 0 Å². The summed E-state index contributed by atoms with van der Waals surface area (Å²) in [5.74, 6) is 0. The number of aromatic nitrogens is 1. The maximum atomic E-state index is 4.14. The highest BCUT2D eigenvalue weighted by Gasteiger charge is 2.05. The van der Waals surface area contributed by atoms with Gasteiger partial charge in [-0.25, -0.2) is 0 Å². The minimum atomic E-state index is 0.407. The van der Waals surface area contributed by atoms with E-state index >= 15 is 0 Å². The zero-order valence-corrected chi connectivity index (χ0v) is 12.3. The minimum Gasteiger partial charge on any atom is -0.381 e. The molecule has 1 N–H and O–H groups in total. The molecule has 0 spiro atoms. The van der Waals surface area contributed by atoms with Crippen LogP contribution in [-0.4, -0.2) is 11.0 Å². The van der Waals surface area contributed by atoms with Crippen molar-refractivity contribution in [2.24, 2.45) is 0 Å². The van der Waals surface area contributed by atoms with Crippen LogP contribution in [0.4, 0.5) is 5.69 Å². The number of nitrogens with one attached hydrogen (secondary N) is 1. The smallest absolute Gasteiger partial charge is 0.0540 e. The average molecular weight is 311 g/mol. The number of hydrogen-bond donors (Lipinski definition) is 1. The summed E-state index contributed by atoms with van der Waals surface area (Å²) in [6.07, 6.45) is 4.68. The molecule has 0 fully saturated rings. The van der Waals surface area contributed by atoms with Crippen LogP contribution in [0, 0.1) is 6.92 Å². The molecule has 0 aliphatic carbocycles. The van der Waals surface area contributed by atoms with Gasteiger partial charge in [0.25, 0.3) is 0 Å². The molecule has 0 radical (unpaired) electrons. The molecule has 0 aromatic carbocycles. The molecular formula is C13H15BrN2S. The lowest BCUT2D eigenvalue weighted by atomic mass is 10.2. The summed E-state index contributed by atoms with van der Waals surface area (Å²) < 4.78 is 1.00. The van der Waals surface area contributed by atoms with Crippen LogP contribution in [0.5, 0.6) is 0 Å². The van der Waals surface area contributed by atoms with Crippen molar-refractivity contribution in [1.29, 1.82) is 0 Å². The molecule has 2 heterocycles. The van der Waals surface area contributed by atoms with Gasteiger partial charge in [-0.1, -0.05) is 0 Å². The zero-order valence-electron chi connectivity index (χ0n) is 9.90. The van der Waals surface area contributed by atoms with Crippen LogP contribution in [0.2, 0.25) is 0 Å². The average Bonchev–Trinajstić information content (AvgIpc) is 2.63.